The second kappa shape index (κ2) is 13.0. The minimum atomic E-state index is -0.619. The lowest BCUT2D eigenvalue weighted by atomic mass is 10.1. The maximum atomic E-state index is 13.3. The van der Waals surface area contributed by atoms with Crippen molar-refractivity contribution in [2.24, 2.45) is 5.73 Å². The van der Waals surface area contributed by atoms with Crippen LogP contribution in [0.15, 0.2) is 66.0 Å². The summed E-state index contributed by atoms with van der Waals surface area (Å²) in [7, 11) is 0. The molecule has 5 N–H and O–H groups in total. The van der Waals surface area contributed by atoms with Crippen molar-refractivity contribution in [1.29, 1.82) is 5.41 Å². The molecule has 0 saturated carbocycles. The predicted octanol–water partition coefficient (Wildman–Crippen LogP) is 2.94. The third-order valence-electron chi connectivity index (χ3n) is 7.46. The summed E-state index contributed by atoms with van der Waals surface area (Å²) in [6, 6.07) is 17.3. The first-order valence-corrected chi connectivity index (χ1v) is 14.6. The van der Waals surface area contributed by atoms with Crippen LogP contribution in [0.4, 0.5) is 0 Å². The summed E-state index contributed by atoms with van der Waals surface area (Å²) < 4.78 is 5.78. The monoisotopic (exact) mass is 574 g/mol. The van der Waals surface area contributed by atoms with E-state index in [1.807, 2.05) is 30.3 Å². The first-order chi connectivity index (χ1) is 19.9. The lowest BCUT2D eigenvalue weighted by molar-refractivity contribution is -0.137. The van der Waals surface area contributed by atoms with Crippen LogP contribution in [0.25, 0.3) is 0 Å². The SMILES string of the molecule is N=C(N)c1csc(CNC(=O)[C@@H]2C[C@@H](N3CCCC3)CN2C(=O)CNC(=O)c2ccc(Oc3ccccc3)cc2)c1. The van der Waals surface area contributed by atoms with Crippen LogP contribution < -0.4 is 21.1 Å². The molecule has 10 nitrogen and oxygen atoms in total. The van der Waals surface area contributed by atoms with E-state index in [-0.39, 0.29) is 36.1 Å². The highest BCUT2D eigenvalue weighted by atomic mass is 32.1. The summed E-state index contributed by atoms with van der Waals surface area (Å²) in [5, 5.41) is 15.0. The van der Waals surface area contributed by atoms with Crippen molar-refractivity contribution >= 4 is 34.9 Å². The Hall–Kier alpha value is -4.22. The standard InChI is InChI=1S/C30H34N6O4S/c31-28(32)21-14-25(41-19-21)16-33-30(39)26-15-22(35-12-4-5-13-35)18-36(26)27(37)17-34-29(38)20-8-10-24(11-9-20)40-23-6-2-1-3-7-23/h1-3,6-11,14,19,22,26H,4-5,12-13,15-18H2,(H3,31,32)(H,33,39)(H,34,38)/t22-,26+/m1/s1. The van der Waals surface area contributed by atoms with E-state index >= 15 is 0 Å². The molecule has 3 heterocycles. The van der Waals surface area contributed by atoms with Crippen LogP contribution in [0.2, 0.25) is 0 Å². The molecule has 1 aromatic heterocycles. The van der Waals surface area contributed by atoms with Gasteiger partial charge in [-0.25, -0.2) is 0 Å². The van der Waals surface area contributed by atoms with Gasteiger partial charge in [-0.05, 0) is 74.8 Å². The Bertz CT molecular complexity index is 1390. The van der Waals surface area contributed by atoms with Gasteiger partial charge in [0.15, 0.2) is 0 Å². The Balaban J connectivity index is 1.18. The van der Waals surface area contributed by atoms with Gasteiger partial charge in [-0.1, -0.05) is 18.2 Å². The summed E-state index contributed by atoms with van der Waals surface area (Å²) >= 11 is 1.42. The molecule has 0 radical (unpaired) electrons. The minimum Gasteiger partial charge on any atom is -0.457 e. The average Bonchev–Trinajstić information content (AvgIpc) is 3.76. The summed E-state index contributed by atoms with van der Waals surface area (Å²) in [5.41, 5.74) is 6.58. The normalized spacial score (nSPS) is 18.7. The number of likely N-dealkylation sites (tertiary alicyclic amines) is 2. The van der Waals surface area contributed by atoms with Gasteiger partial charge in [-0.3, -0.25) is 24.7 Å². The number of thiophene rings is 1. The molecule has 2 saturated heterocycles. The number of carbonyl (C=O) groups is 3. The van der Waals surface area contributed by atoms with Gasteiger partial charge in [0, 0.05) is 34.0 Å². The van der Waals surface area contributed by atoms with Gasteiger partial charge in [0.25, 0.3) is 5.91 Å². The molecule has 214 valence electrons. The molecule has 11 heteroatoms. The number of benzene rings is 2. The fourth-order valence-electron chi connectivity index (χ4n) is 5.27. The summed E-state index contributed by atoms with van der Waals surface area (Å²) in [6.45, 7) is 2.47. The number of carbonyl (C=O) groups excluding carboxylic acids is 3. The number of rotatable bonds is 10. The van der Waals surface area contributed by atoms with E-state index < -0.39 is 6.04 Å². The molecule has 2 fully saturated rings. The first kappa shape index (κ1) is 28.3. The predicted molar refractivity (Wildman–Crippen MR) is 157 cm³/mol. The number of ether oxygens (including phenoxy) is 1. The molecule has 0 aliphatic carbocycles. The third kappa shape index (κ3) is 7.11. The van der Waals surface area contributed by atoms with Gasteiger partial charge in [-0.2, -0.15) is 0 Å². The van der Waals surface area contributed by atoms with Crippen LogP contribution >= 0.6 is 11.3 Å². The van der Waals surface area contributed by atoms with E-state index in [4.69, 9.17) is 15.9 Å². The number of nitrogen functional groups attached to an aromatic ring is 1. The molecule has 0 bridgehead atoms. The Morgan fingerprint density at radius 2 is 1.68 bits per heavy atom. The smallest absolute Gasteiger partial charge is 0.251 e. The zero-order chi connectivity index (χ0) is 28.8. The van der Waals surface area contributed by atoms with Crippen molar-refractivity contribution in [2.45, 2.75) is 37.9 Å². The van der Waals surface area contributed by atoms with Gasteiger partial charge in [0.2, 0.25) is 11.8 Å². The zero-order valence-electron chi connectivity index (χ0n) is 22.7. The average molecular weight is 575 g/mol. The topological polar surface area (TPSA) is 141 Å². The molecular formula is C30H34N6O4S. The van der Waals surface area contributed by atoms with Gasteiger partial charge in [-0.15, -0.1) is 11.3 Å². The van der Waals surface area contributed by atoms with Crippen molar-refractivity contribution in [3.05, 3.63) is 82.0 Å². The molecule has 3 aromatic rings. The number of nitrogens with zero attached hydrogens (tertiary/aromatic N) is 2. The van der Waals surface area contributed by atoms with Gasteiger partial charge < -0.3 is 26.0 Å². The van der Waals surface area contributed by atoms with Crippen LogP contribution in [-0.4, -0.2) is 71.6 Å². The molecule has 3 amide bonds. The lowest BCUT2D eigenvalue weighted by Crippen LogP contribution is -2.49. The molecule has 0 unspecified atom stereocenters. The maximum absolute atomic E-state index is 13.3. The van der Waals surface area contributed by atoms with Crippen molar-refractivity contribution in [2.75, 3.05) is 26.2 Å². The third-order valence-corrected chi connectivity index (χ3v) is 8.39. The van der Waals surface area contributed by atoms with Crippen LogP contribution in [0, 0.1) is 5.41 Å². The number of hydrogen-bond acceptors (Lipinski definition) is 7. The minimum absolute atomic E-state index is 0.0154. The summed E-state index contributed by atoms with van der Waals surface area (Å²) in [5.74, 6) is 0.390. The van der Waals surface area contributed by atoms with E-state index in [2.05, 4.69) is 15.5 Å². The number of nitrogens with one attached hydrogen (secondary N) is 3. The number of hydrogen-bond donors (Lipinski definition) is 4. The van der Waals surface area contributed by atoms with Crippen LogP contribution in [0.3, 0.4) is 0 Å². The molecule has 2 aliphatic heterocycles. The Morgan fingerprint density at radius 1 is 0.976 bits per heavy atom. The van der Waals surface area contributed by atoms with Gasteiger partial charge >= 0.3 is 0 Å². The molecular weight excluding hydrogens is 540 g/mol. The molecule has 2 aromatic carbocycles. The molecule has 41 heavy (non-hydrogen) atoms. The highest BCUT2D eigenvalue weighted by molar-refractivity contribution is 7.10. The van der Waals surface area contributed by atoms with Crippen molar-refractivity contribution < 1.29 is 19.1 Å². The number of amides is 3. The Labute approximate surface area is 243 Å². The van der Waals surface area contributed by atoms with E-state index in [1.54, 1.807) is 40.6 Å². The van der Waals surface area contributed by atoms with Crippen LogP contribution in [-0.2, 0) is 16.1 Å². The lowest BCUT2D eigenvalue weighted by Gasteiger charge is -2.25. The van der Waals surface area contributed by atoms with E-state index in [0.717, 1.165) is 30.8 Å². The highest BCUT2D eigenvalue weighted by Crippen LogP contribution is 2.26. The molecule has 2 atom stereocenters. The molecule has 2 aliphatic rings. The second-order valence-electron chi connectivity index (χ2n) is 10.2. The summed E-state index contributed by atoms with van der Waals surface area (Å²) in [6.07, 6.45) is 2.78. The first-order valence-electron chi connectivity index (χ1n) is 13.7. The van der Waals surface area contributed by atoms with E-state index in [1.165, 1.54) is 11.3 Å². The summed E-state index contributed by atoms with van der Waals surface area (Å²) in [4.78, 5) is 44.2. The van der Waals surface area contributed by atoms with Crippen molar-refractivity contribution in [1.82, 2.24) is 20.4 Å². The maximum Gasteiger partial charge on any atom is 0.251 e. The fraction of sp³-hybridized carbons (Fsp3) is 0.333. The Kier molecular flexibility index (Phi) is 8.95. The fourth-order valence-corrected chi connectivity index (χ4v) is 6.10. The van der Waals surface area contributed by atoms with E-state index in [9.17, 15) is 14.4 Å². The van der Waals surface area contributed by atoms with E-state index in [0.29, 0.717) is 42.1 Å². The van der Waals surface area contributed by atoms with Gasteiger partial charge in [0.1, 0.15) is 23.4 Å². The quantitative estimate of drug-likeness (QED) is 0.217. The van der Waals surface area contributed by atoms with Crippen LogP contribution in [0.5, 0.6) is 11.5 Å². The molecule has 0 spiro atoms. The molecule has 5 rings (SSSR count). The zero-order valence-corrected chi connectivity index (χ0v) is 23.5. The number of para-hydroxylation sites is 1. The highest BCUT2D eigenvalue weighted by Gasteiger charge is 2.42. The van der Waals surface area contributed by atoms with Crippen molar-refractivity contribution in [3.8, 4) is 11.5 Å². The second-order valence-corrected chi connectivity index (χ2v) is 11.2. The largest absolute Gasteiger partial charge is 0.457 e. The number of amidine groups is 1. The van der Waals surface area contributed by atoms with Crippen LogP contribution in [0.1, 0.15) is 40.1 Å². The van der Waals surface area contributed by atoms with Crippen molar-refractivity contribution in [3.63, 3.8) is 0 Å². The van der Waals surface area contributed by atoms with Gasteiger partial charge in [0.05, 0.1) is 13.1 Å². The Morgan fingerprint density at radius 3 is 2.37 bits per heavy atom. The number of nitrogens with two attached hydrogens (primary N) is 1.